The molecule has 0 spiro atoms. The summed E-state index contributed by atoms with van der Waals surface area (Å²) in [4.78, 5) is 14.5. The lowest BCUT2D eigenvalue weighted by atomic mass is 10.0. The summed E-state index contributed by atoms with van der Waals surface area (Å²) in [6, 6.07) is 0.279. The van der Waals surface area contributed by atoms with Crippen LogP contribution in [0.2, 0.25) is 0 Å². The predicted molar refractivity (Wildman–Crippen MR) is 75.3 cm³/mol. The molecule has 1 amide bonds. The van der Waals surface area contributed by atoms with Crippen LogP contribution >= 0.6 is 0 Å². The van der Waals surface area contributed by atoms with Crippen molar-refractivity contribution in [1.29, 1.82) is 0 Å². The molecular weight excluding hydrogens is 240 g/mol. The maximum atomic E-state index is 12.6. The number of amides is 1. The van der Waals surface area contributed by atoms with E-state index in [0.29, 0.717) is 0 Å². The van der Waals surface area contributed by atoms with Gasteiger partial charge in [-0.15, -0.1) is 0 Å². The fourth-order valence-electron chi connectivity index (χ4n) is 2.64. The van der Waals surface area contributed by atoms with E-state index in [1.807, 2.05) is 16.5 Å². The average molecular weight is 264 g/mol. The zero-order valence-electron chi connectivity index (χ0n) is 12.5. The van der Waals surface area contributed by atoms with Crippen LogP contribution in [0, 0.1) is 6.92 Å². The van der Waals surface area contributed by atoms with Gasteiger partial charge in [-0.1, -0.05) is 0 Å². The molecule has 5 nitrogen and oxygen atoms in total. The molecule has 0 aliphatic carbocycles. The van der Waals surface area contributed by atoms with Gasteiger partial charge in [-0.25, -0.2) is 0 Å². The van der Waals surface area contributed by atoms with E-state index in [0.717, 1.165) is 30.9 Å². The first-order valence-corrected chi connectivity index (χ1v) is 6.90. The van der Waals surface area contributed by atoms with Crippen LogP contribution in [0.5, 0.6) is 0 Å². The van der Waals surface area contributed by atoms with Crippen LogP contribution in [-0.4, -0.2) is 45.8 Å². The molecule has 2 rings (SSSR count). The molecule has 1 saturated heterocycles. The zero-order valence-corrected chi connectivity index (χ0v) is 12.5. The number of rotatable bonds is 2. The second kappa shape index (κ2) is 4.96. The van der Waals surface area contributed by atoms with Gasteiger partial charge in [0, 0.05) is 36.9 Å². The average Bonchev–Trinajstić information content (AvgIpc) is 2.69. The Kier molecular flexibility index (Phi) is 3.67. The Bertz CT molecular complexity index is 476. The summed E-state index contributed by atoms with van der Waals surface area (Å²) in [5, 5.41) is 7.74. The Labute approximate surface area is 115 Å². The highest BCUT2D eigenvalue weighted by Gasteiger charge is 2.30. The molecule has 1 N–H and O–H groups in total. The normalized spacial score (nSPS) is 18.9. The number of piperazine rings is 1. The van der Waals surface area contributed by atoms with Gasteiger partial charge in [0.05, 0.1) is 11.8 Å². The molecule has 19 heavy (non-hydrogen) atoms. The molecule has 1 aromatic heterocycles. The van der Waals surface area contributed by atoms with E-state index in [4.69, 9.17) is 0 Å². The summed E-state index contributed by atoms with van der Waals surface area (Å²) >= 11 is 0. The highest BCUT2D eigenvalue weighted by atomic mass is 16.2. The quantitative estimate of drug-likeness (QED) is 0.882. The molecule has 1 aliphatic rings. The van der Waals surface area contributed by atoms with Crippen molar-refractivity contribution in [1.82, 2.24) is 20.0 Å². The topological polar surface area (TPSA) is 50.2 Å². The third-order valence-corrected chi connectivity index (χ3v) is 3.62. The summed E-state index contributed by atoms with van der Waals surface area (Å²) in [5.41, 5.74) is 1.67. The van der Waals surface area contributed by atoms with Gasteiger partial charge >= 0.3 is 0 Å². The molecule has 0 radical (unpaired) electrons. The largest absolute Gasteiger partial charge is 0.335 e. The van der Waals surface area contributed by atoms with Crippen LogP contribution in [0.3, 0.4) is 0 Å². The standard InChI is InChI=1S/C14H24N4O/c1-10(2)18-11(3)12(8-16-18)13(19)17-7-6-15-14(4,5)9-17/h8,10,15H,6-7,9H2,1-5H3. The number of aromatic nitrogens is 2. The molecule has 1 fully saturated rings. The summed E-state index contributed by atoms with van der Waals surface area (Å²) in [6.45, 7) is 12.7. The van der Waals surface area contributed by atoms with Gasteiger partial charge in [0.1, 0.15) is 0 Å². The van der Waals surface area contributed by atoms with Gasteiger partial charge in [-0.3, -0.25) is 9.48 Å². The molecule has 106 valence electrons. The van der Waals surface area contributed by atoms with Gasteiger partial charge in [0.25, 0.3) is 5.91 Å². The molecule has 0 saturated carbocycles. The third-order valence-electron chi connectivity index (χ3n) is 3.62. The Morgan fingerprint density at radius 2 is 2.16 bits per heavy atom. The van der Waals surface area contributed by atoms with E-state index >= 15 is 0 Å². The van der Waals surface area contributed by atoms with Crippen molar-refractivity contribution in [2.75, 3.05) is 19.6 Å². The van der Waals surface area contributed by atoms with Crippen LogP contribution in [0.25, 0.3) is 0 Å². The highest BCUT2D eigenvalue weighted by Crippen LogP contribution is 2.18. The molecule has 0 bridgehead atoms. The van der Waals surface area contributed by atoms with Gasteiger partial charge < -0.3 is 10.2 Å². The van der Waals surface area contributed by atoms with Crippen LogP contribution in [-0.2, 0) is 0 Å². The number of hydrogen-bond acceptors (Lipinski definition) is 3. The van der Waals surface area contributed by atoms with Gasteiger partial charge in [-0.05, 0) is 34.6 Å². The SMILES string of the molecule is Cc1c(C(=O)N2CCNC(C)(C)C2)cnn1C(C)C. The number of carbonyl (C=O) groups excluding carboxylic acids is 1. The molecule has 5 heteroatoms. The molecular formula is C14H24N4O. The minimum atomic E-state index is -0.0180. The highest BCUT2D eigenvalue weighted by molar-refractivity contribution is 5.95. The van der Waals surface area contributed by atoms with Crippen molar-refractivity contribution in [2.45, 2.75) is 46.2 Å². The van der Waals surface area contributed by atoms with Crippen molar-refractivity contribution in [3.8, 4) is 0 Å². The van der Waals surface area contributed by atoms with Crippen molar-refractivity contribution in [2.24, 2.45) is 0 Å². The minimum Gasteiger partial charge on any atom is -0.335 e. The molecule has 0 aromatic carbocycles. The summed E-state index contributed by atoms with van der Waals surface area (Å²) in [6.07, 6.45) is 1.70. The van der Waals surface area contributed by atoms with Crippen LogP contribution in [0.4, 0.5) is 0 Å². The Hall–Kier alpha value is -1.36. The molecule has 0 unspecified atom stereocenters. The van der Waals surface area contributed by atoms with Crippen LogP contribution in [0.15, 0.2) is 6.20 Å². The predicted octanol–water partition coefficient (Wildman–Crippen LogP) is 1.60. The van der Waals surface area contributed by atoms with Crippen molar-refractivity contribution >= 4 is 5.91 Å². The van der Waals surface area contributed by atoms with E-state index in [9.17, 15) is 4.79 Å². The lowest BCUT2D eigenvalue weighted by molar-refractivity contribution is 0.0651. The molecule has 0 atom stereocenters. The fourth-order valence-corrected chi connectivity index (χ4v) is 2.64. The number of hydrogen-bond donors (Lipinski definition) is 1. The Morgan fingerprint density at radius 3 is 2.68 bits per heavy atom. The third kappa shape index (κ3) is 2.81. The van der Waals surface area contributed by atoms with Crippen molar-refractivity contribution < 1.29 is 4.79 Å². The van der Waals surface area contributed by atoms with Crippen molar-refractivity contribution in [3.63, 3.8) is 0 Å². The lowest BCUT2D eigenvalue weighted by Gasteiger charge is -2.39. The molecule has 2 heterocycles. The fraction of sp³-hybridized carbons (Fsp3) is 0.714. The van der Waals surface area contributed by atoms with E-state index in [1.54, 1.807) is 6.20 Å². The molecule has 1 aromatic rings. The van der Waals surface area contributed by atoms with Crippen LogP contribution < -0.4 is 5.32 Å². The first kappa shape index (κ1) is 14.1. The monoisotopic (exact) mass is 264 g/mol. The smallest absolute Gasteiger partial charge is 0.257 e. The summed E-state index contributed by atoms with van der Waals surface area (Å²) < 4.78 is 1.90. The van der Waals surface area contributed by atoms with E-state index in [-0.39, 0.29) is 17.5 Å². The first-order chi connectivity index (χ1) is 8.82. The number of nitrogens with zero attached hydrogens (tertiary/aromatic N) is 3. The minimum absolute atomic E-state index is 0.0180. The maximum absolute atomic E-state index is 12.6. The van der Waals surface area contributed by atoms with Crippen molar-refractivity contribution in [3.05, 3.63) is 17.5 Å². The Morgan fingerprint density at radius 1 is 1.47 bits per heavy atom. The van der Waals surface area contributed by atoms with Crippen LogP contribution in [0.1, 0.15) is 49.8 Å². The molecule has 1 aliphatic heterocycles. The summed E-state index contributed by atoms with van der Waals surface area (Å²) in [5.74, 6) is 0.0963. The zero-order chi connectivity index (χ0) is 14.2. The van der Waals surface area contributed by atoms with E-state index in [1.165, 1.54) is 0 Å². The maximum Gasteiger partial charge on any atom is 0.257 e. The lowest BCUT2D eigenvalue weighted by Crippen LogP contribution is -2.58. The number of carbonyl (C=O) groups is 1. The Balaban J connectivity index is 2.20. The van der Waals surface area contributed by atoms with Gasteiger partial charge in [0.2, 0.25) is 0 Å². The second-order valence-corrected chi connectivity index (χ2v) is 6.22. The van der Waals surface area contributed by atoms with Gasteiger partial charge in [-0.2, -0.15) is 5.10 Å². The van der Waals surface area contributed by atoms with E-state index in [2.05, 4.69) is 38.1 Å². The first-order valence-electron chi connectivity index (χ1n) is 6.90. The van der Waals surface area contributed by atoms with E-state index < -0.39 is 0 Å². The second-order valence-electron chi connectivity index (χ2n) is 6.22. The van der Waals surface area contributed by atoms with Gasteiger partial charge in [0.15, 0.2) is 0 Å². The number of nitrogens with one attached hydrogen (secondary N) is 1. The summed E-state index contributed by atoms with van der Waals surface area (Å²) in [7, 11) is 0.